The fourth-order valence-electron chi connectivity index (χ4n) is 2.44. The van der Waals surface area contributed by atoms with Crippen molar-refractivity contribution in [2.75, 3.05) is 0 Å². The highest BCUT2D eigenvalue weighted by atomic mass is 35.5. The van der Waals surface area contributed by atoms with Gasteiger partial charge in [0.1, 0.15) is 0 Å². The van der Waals surface area contributed by atoms with Crippen molar-refractivity contribution in [3.63, 3.8) is 0 Å². The molecule has 1 N–H and O–H groups in total. The third kappa shape index (κ3) is 1.37. The van der Waals surface area contributed by atoms with E-state index in [9.17, 15) is 0 Å². The monoisotopic (exact) mass is 239 g/mol. The maximum atomic E-state index is 6.23. The summed E-state index contributed by atoms with van der Waals surface area (Å²) in [5.41, 5.74) is 3.71. The van der Waals surface area contributed by atoms with Crippen molar-refractivity contribution >= 4 is 34.1 Å². The lowest BCUT2D eigenvalue weighted by atomic mass is 9.96. The molecule has 1 aromatic carbocycles. The fourth-order valence-corrected chi connectivity index (χ4v) is 2.92. The highest BCUT2D eigenvalue weighted by Crippen LogP contribution is 2.36. The molecule has 0 spiro atoms. The van der Waals surface area contributed by atoms with Crippen molar-refractivity contribution in [3.05, 3.63) is 33.4 Å². The number of benzene rings is 1. The lowest BCUT2D eigenvalue weighted by molar-refractivity contribution is 0.680. The van der Waals surface area contributed by atoms with Gasteiger partial charge in [-0.1, -0.05) is 23.2 Å². The summed E-state index contributed by atoms with van der Waals surface area (Å²) in [6, 6.07) is 3.74. The first kappa shape index (κ1) is 9.56. The van der Waals surface area contributed by atoms with Crippen molar-refractivity contribution in [1.82, 2.24) is 4.98 Å². The Balaban J connectivity index is 2.41. The average molecular weight is 240 g/mol. The molecule has 0 aliphatic heterocycles. The Hall–Kier alpha value is -0.660. The molecule has 78 valence electrons. The molecule has 1 aliphatic carbocycles. The number of hydrogen-bond donors (Lipinski definition) is 1. The number of H-pyrrole nitrogens is 1. The Morgan fingerprint density at radius 3 is 2.60 bits per heavy atom. The zero-order valence-electron chi connectivity index (χ0n) is 8.24. The topological polar surface area (TPSA) is 15.8 Å². The van der Waals surface area contributed by atoms with Crippen LogP contribution in [0.2, 0.25) is 10.0 Å². The number of aromatic nitrogens is 1. The first-order valence-corrected chi connectivity index (χ1v) is 6.00. The van der Waals surface area contributed by atoms with Gasteiger partial charge in [0.05, 0.1) is 15.6 Å². The predicted molar refractivity (Wildman–Crippen MR) is 65.0 cm³/mol. The Morgan fingerprint density at radius 2 is 1.73 bits per heavy atom. The summed E-state index contributed by atoms with van der Waals surface area (Å²) >= 11 is 12.4. The van der Waals surface area contributed by atoms with E-state index in [1.54, 1.807) is 0 Å². The summed E-state index contributed by atoms with van der Waals surface area (Å²) in [7, 11) is 0. The minimum absolute atomic E-state index is 0.767. The van der Waals surface area contributed by atoms with Crippen LogP contribution in [0.4, 0.5) is 0 Å². The van der Waals surface area contributed by atoms with Crippen LogP contribution in [0.25, 0.3) is 10.9 Å². The minimum atomic E-state index is 0.767. The molecular formula is C12H11Cl2N. The lowest BCUT2D eigenvalue weighted by Crippen LogP contribution is -2.00. The molecule has 2 aromatic rings. The van der Waals surface area contributed by atoms with Crippen LogP contribution in [0.15, 0.2) is 12.1 Å². The molecule has 0 saturated heterocycles. The van der Waals surface area contributed by atoms with E-state index in [4.69, 9.17) is 23.2 Å². The Kier molecular flexibility index (Phi) is 2.18. The van der Waals surface area contributed by atoms with Gasteiger partial charge in [-0.05, 0) is 43.4 Å². The molecule has 0 bridgehead atoms. The van der Waals surface area contributed by atoms with Crippen LogP contribution in [0, 0.1) is 0 Å². The maximum Gasteiger partial charge on any atom is 0.0663 e. The van der Waals surface area contributed by atoms with Gasteiger partial charge in [0.2, 0.25) is 0 Å². The number of fused-ring (bicyclic) bond motifs is 3. The van der Waals surface area contributed by atoms with Crippen molar-refractivity contribution in [2.24, 2.45) is 0 Å². The van der Waals surface area contributed by atoms with Crippen LogP contribution in [0.5, 0.6) is 0 Å². The molecule has 0 atom stereocenters. The second-order valence-corrected chi connectivity index (χ2v) is 4.88. The van der Waals surface area contributed by atoms with Crippen LogP contribution in [-0.2, 0) is 12.8 Å². The van der Waals surface area contributed by atoms with Crippen LogP contribution >= 0.6 is 23.2 Å². The number of halogens is 2. The van der Waals surface area contributed by atoms with Crippen LogP contribution in [0.1, 0.15) is 24.1 Å². The molecule has 15 heavy (non-hydrogen) atoms. The van der Waals surface area contributed by atoms with E-state index < -0.39 is 0 Å². The first-order chi connectivity index (χ1) is 7.27. The molecule has 0 amide bonds. The van der Waals surface area contributed by atoms with Crippen LogP contribution < -0.4 is 0 Å². The zero-order valence-corrected chi connectivity index (χ0v) is 9.75. The summed E-state index contributed by atoms with van der Waals surface area (Å²) in [6.07, 6.45) is 4.75. The van der Waals surface area contributed by atoms with Crippen LogP contribution in [-0.4, -0.2) is 4.98 Å². The molecule has 0 fully saturated rings. The number of nitrogens with one attached hydrogen (secondary N) is 1. The quantitative estimate of drug-likeness (QED) is 0.704. The average Bonchev–Trinajstić information content (AvgIpc) is 2.64. The molecule has 0 unspecified atom stereocenters. The van der Waals surface area contributed by atoms with Crippen molar-refractivity contribution in [1.29, 1.82) is 0 Å². The van der Waals surface area contributed by atoms with Crippen molar-refractivity contribution in [3.8, 4) is 0 Å². The molecule has 3 heteroatoms. The largest absolute Gasteiger partial charge is 0.357 e. The molecule has 0 radical (unpaired) electrons. The van der Waals surface area contributed by atoms with Gasteiger partial charge in [0.25, 0.3) is 0 Å². The Labute approximate surface area is 98.4 Å². The highest BCUT2D eigenvalue weighted by molar-refractivity contribution is 6.40. The van der Waals surface area contributed by atoms with Gasteiger partial charge < -0.3 is 4.98 Å². The Morgan fingerprint density at radius 1 is 1.00 bits per heavy atom. The number of aryl methyl sites for hydroxylation is 2. The van der Waals surface area contributed by atoms with E-state index in [2.05, 4.69) is 4.98 Å². The van der Waals surface area contributed by atoms with E-state index in [-0.39, 0.29) is 0 Å². The number of hydrogen-bond acceptors (Lipinski definition) is 0. The van der Waals surface area contributed by atoms with E-state index in [1.807, 2.05) is 12.1 Å². The van der Waals surface area contributed by atoms with Gasteiger partial charge in [-0.25, -0.2) is 0 Å². The second kappa shape index (κ2) is 3.43. The summed E-state index contributed by atoms with van der Waals surface area (Å²) in [5, 5.41) is 2.72. The standard InChI is InChI=1S/C12H11Cl2N/c13-8-5-6-9(14)12-11(8)7-3-1-2-4-10(7)15-12/h5-6,15H,1-4H2. The molecule has 1 heterocycles. The first-order valence-electron chi connectivity index (χ1n) is 5.25. The van der Waals surface area contributed by atoms with Gasteiger partial charge in [0, 0.05) is 11.1 Å². The molecule has 3 rings (SSSR count). The van der Waals surface area contributed by atoms with E-state index in [1.165, 1.54) is 24.1 Å². The molecular weight excluding hydrogens is 229 g/mol. The predicted octanol–water partition coefficient (Wildman–Crippen LogP) is 4.35. The van der Waals surface area contributed by atoms with Crippen molar-refractivity contribution in [2.45, 2.75) is 25.7 Å². The fraction of sp³-hybridized carbons (Fsp3) is 0.333. The molecule has 1 aliphatic rings. The van der Waals surface area contributed by atoms with Gasteiger partial charge in [0.15, 0.2) is 0 Å². The van der Waals surface area contributed by atoms with E-state index >= 15 is 0 Å². The highest BCUT2D eigenvalue weighted by Gasteiger charge is 2.18. The second-order valence-electron chi connectivity index (χ2n) is 4.07. The molecule has 1 aromatic heterocycles. The van der Waals surface area contributed by atoms with Crippen molar-refractivity contribution < 1.29 is 0 Å². The maximum absolute atomic E-state index is 6.23. The lowest BCUT2D eigenvalue weighted by Gasteiger charge is -2.10. The third-order valence-corrected chi connectivity index (χ3v) is 3.78. The minimum Gasteiger partial charge on any atom is -0.357 e. The molecule has 0 saturated carbocycles. The zero-order chi connectivity index (χ0) is 10.4. The van der Waals surface area contributed by atoms with Gasteiger partial charge in [-0.15, -0.1) is 0 Å². The van der Waals surface area contributed by atoms with E-state index in [0.717, 1.165) is 33.8 Å². The Bertz CT molecular complexity index is 528. The van der Waals surface area contributed by atoms with Crippen LogP contribution in [0.3, 0.4) is 0 Å². The summed E-state index contributed by atoms with van der Waals surface area (Å²) in [6.45, 7) is 0. The molecule has 1 nitrogen and oxygen atoms in total. The van der Waals surface area contributed by atoms with Gasteiger partial charge in [-0.2, -0.15) is 0 Å². The third-order valence-electron chi connectivity index (χ3n) is 3.15. The summed E-state index contributed by atoms with van der Waals surface area (Å²) < 4.78 is 0. The van der Waals surface area contributed by atoms with Gasteiger partial charge >= 0.3 is 0 Å². The van der Waals surface area contributed by atoms with E-state index in [0.29, 0.717) is 0 Å². The number of aromatic amines is 1. The SMILES string of the molecule is Clc1ccc(Cl)c2c3c([nH]c12)CCCC3. The smallest absolute Gasteiger partial charge is 0.0663 e. The summed E-state index contributed by atoms with van der Waals surface area (Å²) in [4.78, 5) is 3.41. The number of rotatable bonds is 0. The van der Waals surface area contributed by atoms with Gasteiger partial charge in [-0.3, -0.25) is 0 Å². The summed E-state index contributed by atoms with van der Waals surface area (Å²) in [5.74, 6) is 0. The normalized spacial score (nSPS) is 15.6.